The van der Waals surface area contributed by atoms with E-state index in [9.17, 15) is 24.5 Å². The maximum atomic E-state index is 12.3. The molecule has 0 spiro atoms. The average molecular weight is 1600 g/mol. The van der Waals surface area contributed by atoms with E-state index < -0.39 is 10.9 Å². The molecular weight excluding hydrogens is 1490 g/mol. The maximum absolute atomic E-state index is 12.3. The third-order valence-corrected chi connectivity index (χ3v) is 21.5. The number of piperidine rings is 4. The summed E-state index contributed by atoms with van der Waals surface area (Å²) in [5.41, 5.74) is 12.3. The van der Waals surface area contributed by atoms with Crippen LogP contribution in [-0.4, -0.2) is 176 Å². The van der Waals surface area contributed by atoms with Gasteiger partial charge in [0.1, 0.15) is 6.54 Å². The van der Waals surface area contributed by atoms with Crippen LogP contribution in [0.15, 0.2) is 158 Å². The minimum atomic E-state index is -0.998. The van der Waals surface area contributed by atoms with Crippen molar-refractivity contribution in [1.82, 2.24) is 65.0 Å². The fraction of sp³-hybridized carbons (Fsp3) is 0.452. The number of halogens is 2. The van der Waals surface area contributed by atoms with Crippen LogP contribution in [0.1, 0.15) is 138 Å². The normalized spacial score (nSPS) is 16.3. The summed E-state index contributed by atoms with van der Waals surface area (Å²) in [6.07, 6.45) is 28.9. The molecule has 0 aliphatic carbocycles. The molecule has 1 amide bonds. The smallest absolute Gasteiger partial charge is 0.341 e. The largest absolute Gasteiger partial charge is 0.478 e. The number of carbonyl (C=O) groups excluding carboxylic acids is 2. The van der Waals surface area contributed by atoms with E-state index in [2.05, 4.69) is 203 Å². The maximum Gasteiger partial charge on any atom is 0.341 e. The van der Waals surface area contributed by atoms with Crippen LogP contribution in [0.5, 0.6) is 0 Å². The predicted molar refractivity (Wildman–Crippen MR) is 451 cm³/mol. The molecule has 610 valence electrons. The summed E-state index contributed by atoms with van der Waals surface area (Å²) >= 11 is 0. The summed E-state index contributed by atoms with van der Waals surface area (Å²) in [5.74, 6) is 2.88. The monoisotopic (exact) mass is 1600 g/mol. The van der Waals surface area contributed by atoms with E-state index in [4.69, 9.17) is 19.4 Å². The van der Waals surface area contributed by atoms with Gasteiger partial charge in [-0.05, 0) is 162 Å². The Kier molecular flexibility index (Phi) is 34.4. The molecule has 5 saturated heterocycles. The lowest BCUT2D eigenvalue weighted by molar-refractivity contribution is -0.676. The van der Waals surface area contributed by atoms with Crippen LogP contribution in [0.25, 0.3) is 32.7 Å². The summed E-state index contributed by atoms with van der Waals surface area (Å²) in [6.45, 7) is 17.2. The van der Waals surface area contributed by atoms with E-state index in [0.29, 0.717) is 65.9 Å². The molecule has 5 aliphatic heterocycles. The third-order valence-electron chi connectivity index (χ3n) is 21.5. The molecular formula is C84H112Cl2N19O9+. The van der Waals surface area contributed by atoms with Crippen LogP contribution in [0, 0.1) is 33.8 Å². The number of non-ortho nitro benzene ring substituents is 1. The van der Waals surface area contributed by atoms with E-state index in [-0.39, 0.29) is 61.7 Å². The van der Waals surface area contributed by atoms with Crippen molar-refractivity contribution >= 4 is 105 Å². The number of hydrogen-bond acceptors (Lipinski definition) is 21. The number of carboxylic acids is 1. The van der Waals surface area contributed by atoms with Crippen molar-refractivity contribution in [1.29, 1.82) is 0 Å². The first kappa shape index (κ1) is 87.9. The zero-order chi connectivity index (χ0) is 77.3. The Balaban J connectivity index is 0.000000176. The topological polar surface area (TPSA) is 321 Å². The van der Waals surface area contributed by atoms with E-state index in [0.717, 1.165) is 162 Å². The van der Waals surface area contributed by atoms with Gasteiger partial charge in [0.15, 0.2) is 6.29 Å². The van der Waals surface area contributed by atoms with Gasteiger partial charge in [0.05, 0.1) is 34.8 Å². The third kappa shape index (κ3) is 24.7. The number of para-hydroxylation sites is 3. The Bertz CT molecular complexity index is 4650. The van der Waals surface area contributed by atoms with E-state index in [1.807, 2.05) is 0 Å². The highest BCUT2D eigenvalue weighted by Crippen LogP contribution is 2.27. The number of hydroxylamine groups is 1. The number of benzene rings is 4. The van der Waals surface area contributed by atoms with Gasteiger partial charge in [0.2, 0.25) is 17.8 Å². The number of carboxylic acid groups (broad SMARTS) is 1. The predicted octanol–water partition coefficient (Wildman–Crippen LogP) is 11.5. The molecule has 0 bridgehead atoms. The van der Waals surface area contributed by atoms with Gasteiger partial charge in [-0.2, -0.15) is 0 Å². The second-order valence-electron chi connectivity index (χ2n) is 29.4. The molecule has 11 heterocycles. The number of nitro benzene ring substituents is 1. The SMILES string of the molecule is C.CCOC(=O)c1cnc(N2CCC(C[NH2+]Cc3cn(C)c4ccccc34)CC2)nc1.Cl.Cl.Cn1cc(CNCC2CCN(c3ncc(C(=O)NOC4CCCCO4)cn3)CC2)c2ccccc21.Cn1cc(CNCC2CCN(c3ncc(C(=O)O)cn3)CC2)c2ccccc21.O=[N+]([O-])c1ccc(C=NCC2CCNCC2)cc1. The Morgan fingerprint density at radius 2 is 1.04 bits per heavy atom. The van der Waals surface area contributed by atoms with Crippen molar-refractivity contribution in [2.75, 3.05) is 106 Å². The number of anilines is 3. The lowest BCUT2D eigenvalue weighted by atomic mass is 9.97. The number of nitrogens with two attached hydrogens (primary N) is 1. The lowest BCUT2D eigenvalue weighted by Gasteiger charge is -2.32. The lowest BCUT2D eigenvalue weighted by Crippen LogP contribution is -2.84. The number of rotatable bonds is 25. The Morgan fingerprint density at radius 1 is 0.596 bits per heavy atom. The van der Waals surface area contributed by atoms with Crippen molar-refractivity contribution in [3.05, 3.63) is 202 Å². The van der Waals surface area contributed by atoms with Gasteiger partial charge in [-0.1, -0.05) is 62.0 Å². The van der Waals surface area contributed by atoms with Gasteiger partial charge in [0, 0.05) is 211 Å². The van der Waals surface area contributed by atoms with Crippen LogP contribution in [0.3, 0.4) is 0 Å². The molecule has 0 saturated carbocycles. The minimum Gasteiger partial charge on any atom is -0.478 e. The number of aromatic nitrogens is 9. The first-order valence-corrected chi connectivity index (χ1v) is 39.2. The molecule has 7 N–H and O–H groups in total. The van der Waals surface area contributed by atoms with Crippen molar-refractivity contribution in [2.24, 2.45) is 49.8 Å². The number of esters is 1. The molecule has 28 nitrogen and oxygen atoms in total. The number of nitrogens with one attached hydrogen (secondary N) is 4. The zero-order valence-corrected chi connectivity index (χ0v) is 66.7. The molecule has 6 aromatic heterocycles. The minimum absolute atomic E-state index is 0. The number of carbonyl (C=O) groups is 3. The number of fused-ring (bicyclic) bond motifs is 3. The van der Waals surface area contributed by atoms with Crippen molar-refractivity contribution < 1.29 is 44.0 Å². The molecule has 5 fully saturated rings. The molecule has 1 atom stereocenters. The van der Waals surface area contributed by atoms with Gasteiger partial charge < -0.3 is 64.2 Å². The molecule has 5 aliphatic rings. The number of amides is 1. The Morgan fingerprint density at radius 3 is 1.50 bits per heavy atom. The Hall–Kier alpha value is -10.0. The molecule has 114 heavy (non-hydrogen) atoms. The highest BCUT2D eigenvalue weighted by molar-refractivity contribution is 5.93. The fourth-order valence-electron chi connectivity index (χ4n) is 15.1. The van der Waals surface area contributed by atoms with E-state index in [1.165, 1.54) is 86.8 Å². The van der Waals surface area contributed by atoms with Crippen molar-refractivity contribution in [3.63, 3.8) is 0 Å². The van der Waals surface area contributed by atoms with Crippen LogP contribution in [-0.2, 0) is 55.1 Å². The Labute approximate surface area is 679 Å². The van der Waals surface area contributed by atoms with Crippen LogP contribution in [0.4, 0.5) is 23.5 Å². The first-order valence-electron chi connectivity index (χ1n) is 39.2. The van der Waals surface area contributed by atoms with Gasteiger partial charge in [0.25, 0.3) is 11.6 Å². The summed E-state index contributed by atoms with van der Waals surface area (Å²) in [7, 11) is 6.30. The molecule has 0 radical (unpaired) electrons. The standard InChI is InChI=1S/C26H34N6O3.C23H29N5O2.C21H25N5O2.C13H17N3O2.CH4.2ClH/c1-31-18-21(22-6-2-3-7-23(22)31)15-27-14-19-9-11-32(12-10-19)26-28-16-20(17-29-26)25(33)30-35-24-8-4-5-13-34-24;1-3-30-22(29)18-14-25-23(26-15-18)28-10-8-17(9-11-28)12-24-13-19-16-27(2)21-7-5-4-6-20(19)21;1-25-14-17(18-4-2-3-5-19(18)25)11-22-10-15-6-8-26(9-7-15)21-23-12-16(13-24-21)20(27)28;17-16(18)13-3-1-11(2-4-13)9-15-10-12-5-7-14-8-6-12;;;/h2-3,6-7,16-19,24,27H,4-5,8-15H2,1H3,(H,30,33);4-7,14-17,24H,3,8-13H2,1-2H3;2-5,12-15,22H,6-11H2,1H3,(H,27,28);1-4,9,12,14H,5-8,10H2;1H4;2*1H/p+1. The highest BCUT2D eigenvalue weighted by atomic mass is 35.5. The van der Waals surface area contributed by atoms with E-state index in [1.54, 1.807) is 50.1 Å². The number of quaternary nitrogens is 1. The summed E-state index contributed by atoms with van der Waals surface area (Å²) in [4.78, 5) is 87.3. The first-order chi connectivity index (χ1) is 54.2. The summed E-state index contributed by atoms with van der Waals surface area (Å²) < 4.78 is 17.0. The van der Waals surface area contributed by atoms with Gasteiger partial charge >= 0.3 is 11.9 Å². The van der Waals surface area contributed by atoms with Crippen LogP contribution in [0.2, 0.25) is 0 Å². The number of nitro groups is 1. The number of aliphatic imine (C=N–C) groups is 1. The average Bonchev–Trinajstić information content (AvgIpc) is 1.69. The highest BCUT2D eigenvalue weighted by Gasteiger charge is 2.27. The molecule has 4 aromatic carbocycles. The number of aromatic carboxylic acids is 1. The van der Waals surface area contributed by atoms with Crippen LogP contribution < -0.4 is 41.4 Å². The van der Waals surface area contributed by atoms with Gasteiger partial charge in [-0.3, -0.25) is 19.9 Å². The number of hydrogen-bond donors (Lipinski definition) is 6. The fourth-order valence-corrected chi connectivity index (χ4v) is 15.1. The number of aryl methyl sites for hydroxylation is 3. The zero-order valence-electron chi connectivity index (χ0n) is 65.1. The summed E-state index contributed by atoms with van der Waals surface area (Å²) in [6, 6.07) is 32.1. The van der Waals surface area contributed by atoms with Gasteiger partial charge in [-0.25, -0.2) is 49.8 Å². The van der Waals surface area contributed by atoms with Gasteiger partial charge in [-0.15, -0.1) is 24.8 Å². The number of ether oxygens (including phenoxy) is 2. The number of nitrogens with zero attached hydrogens (tertiary/aromatic N) is 14. The quantitative estimate of drug-likeness (QED) is 0.0134. The van der Waals surface area contributed by atoms with Crippen molar-refractivity contribution in [3.8, 4) is 0 Å². The van der Waals surface area contributed by atoms with E-state index >= 15 is 0 Å². The van der Waals surface area contributed by atoms with Crippen molar-refractivity contribution in [2.45, 2.75) is 111 Å². The molecule has 1 unspecified atom stereocenters. The molecule has 10 aromatic rings. The molecule has 15 rings (SSSR count). The summed E-state index contributed by atoms with van der Waals surface area (Å²) in [5, 5.41) is 36.5. The second kappa shape index (κ2) is 44.6. The second-order valence-corrected chi connectivity index (χ2v) is 29.4. The molecule has 30 heteroatoms. The van der Waals surface area contributed by atoms with Crippen LogP contribution >= 0.6 is 24.8 Å².